The Morgan fingerprint density at radius 1 is 1.09 bits per heavy atom. The summed E-state index contributed by atoms with van der Waals surface area (Å²) in [5, 5.41) is 6.27. The van der Waals surface area contributed by atoms with Crippen LogP contribution < -0.4 is 20.3 Å². The van der Waals surface area contributed by atoms with Crippen LogP contribution in [0.2, 0.25) is 0 Å². The van der Waals surface area contributed by atoms with Crippen molar-refractivity contribution in [1.82, 2.24) is 20.4 Å². The second-order valence-corrected chi connectivity index (χ2v) is 8.66. The van der Waals surface area contributed by atoms with Crippen molar-refractivity contribution in [2.45, 2.75) is 25.7 Å². The van der Waals surface area contributed by atoms with Gasteiger partial charge in [-0.1, -0.05) is 0 Å². The van der Waals surface area contributed by atoms with Crippen molar-refractivity contribution < 1.29 is 9.53 Å². The molecule has 0 unspecified atom stereocenters. The number of piperidine rings is 1. The number of benzene rings is 1. The van der Waals surface area contributed by atoms with Gasteiger partial charge in [0.2, 0.25) is 5.91 Å². The predicted octanol–water partition coefficient (Wildman–Crippen LogP) is 1.63. The quantitative estimate of drug-likeness (QED) is 0.361. The van der Waals surface area contributed by atoms with Crippen LogP contribution in [-0.2, 0) is 4.79 Å². The first kappa shape index (κ1) is 24.2. The van der Waals surface area contributed by atoms with E-state index in [0.29, 0.717) is 12.3 Å². The number of methoxy groups -OCH3 is 1. The number of carbonyl (C=O) groups excluding carboxylic acids is 1. The molecule has 0 radical (unpaired) electrons. The van der Waals surface area contributed by atoms with Crippen LogP contribution in [0.4, 0.5) is 5.69 Å². The molecule has 0 atom stereocenters. The van der Waals surface area contributed by atoms with Crippen molar-refractivity contribution in [2.75, 3.05) is 78.5 Å². The molecule has 2 N–H and O–H groups in total. The largest absolute Gasteiger partial charge is 0.497 e. The van der Waals surface area contributed by atoms with Crippen LogP contribution in [-0.4, -0.2) is 95.2 Å². The van der Waals surface area contributed by atoms with Crippen LogP contribution in [0.1, 0.15) is 25.7 Å². The molecule has 0 saturated carbocycles. The summed E-state index contributed by atoms with van der Waals surface area (Å²) in [7, 11) is 5.27. The van der Waals surface area contributed by atoms with Gasteiger partial charge in [-0.3, -0.25) is 14.7 Å². The summed E-state index contributed by atoms with van der Waals surface area (Å²) in [5.74, 6) is 2.53. The first-order valence-corrected chi connectivity index (χ1v) is 11.9. The molecule has 2 aliphatic heterocycles. The van der Waals surface area contributed by atoms with E-state index < -0.39 is 0 Å². The Labute approximate surface area is 193 Å². The molecule has 8 nitrogen and oxygen atoms in total. The highest BCUT2D eigenvalue weighted by Crippen LogP contribution is 2.21. The van der Waals surface area contributed by atoms with Crippen molar-refractivity contribution in [3.05, 3.63) is 24.3 Å². The summed E-state index contributed by atoms with van der Waals surface area (Å²) in [6, 6.07) is 8.35. The zero-order chi connectivity index (χ0) is 22.8. The average Bonchev–Trinajstić information content (AvgIpc) is 2.85. The summed E-state index contributed by atoms with van der Waals surface area (Å²) < 4.78 is 5.26. The summed E-state index contributed by atoms with van der Waals surface area (Å²) >= 11 is 0. The minimum Gasteiger partial charge on any atom is -0.497 e. The molecule has 1 aromatic carbocycles. The maximum Gasteiger partial charge on any atom is 0.220 e. The van der Waals surface area contributed by atoms with Crippen molar-refractivity contribution in [3.63, 3.8) is 0 Å². The molecule has 0 aliphatic carbocycles. The van der Waals surface area contributed by atoms with E-state index in [2.05, 4.69) is 42.5 Å². The van der Waals surface area contributed by atoms with Gasteiger partial charge in [0.1, 0.15) is 5.75 Å². The molecule has 0 spiro atoms. The van der Waals surface area contributed by atoms with E-state index in [-0.39, 0.29) is 5.91 Å². The molecule has 1 amide bonds. The normalized spacial score (nSPS) is 18.5. The number of likely N-dealkylation sites (tertiary alicyclic amines) is 1. The lowest BCUT2D eigenvalue weighted by molar-refractivity contribution is -0.121. The molecule has 2 aliphatic rings. The molecule has 178 valence electrons. The molecule has 0 aromatic heterocycles. The Morgan fingerprint density at radius 3 is 2.38 bits per heavy atom. The number of ether oxygens (including phenoxy) is 1. The van der Waals surface area contributed by atoms with Gasteiger partial charge in [-0.2, -0.15) is 0 Å². The summed E-state index contributed by atoms with van der Waals surface area (Å²) in [6.45, 7) is 8.29. The monoisotopic (exact) mass is 444 g/mol. The number of hydrogen-bond acceptors (Lipinski definition) is 5. The third-order valence-electron chi connectivity index (χ3n) is 6.62. The van der Waals surface area contributed by atoms with E-state index in [1.54, 1.807) is 14.2 Å². The zero-order valence-corrected chi connectivity index (χ0v) is 20.0. The minimum atomic E-state index is 0.149. The summed E-state index contributed by atoms with van der Waals surface area (Å²) in [6.07, 6.45) is 3.84. The second-order valence-electron chi connectivity index (χ2n) is 8.66. The summed E-state index contributed by atoms with van der Waals surface area (Å²) in [4.78, 5) is 23.4. The number of nitrogens with zero attached hydrogens (tertiary/aromatic N) is 4. The maximum atomic E-state index is 11.6. The third-order valence-corrected chi connectivity index (χ3v) is 6.62. The molecule has 2 saturated heterocycles. The Kier molecular flexibility index (Phi) is 9.46. The Hall–Kier alpha value is -2.48. The number of carbonyl (C=O) groups is 1. The highest BCUT2D eigenvalue weighted by atomic mass is 16.5. The number of anilines is 1. The van der Waals surface area contributed by atoms with E-state index >= 15 is 0 Å². The first-order chi connectivity index (χ1) is 15.6. The van der Waals surface area contributed by atoms with Crippen LogP contribution in [0.25, 0.3) is 0 Å². The fraction of sp³-hybridized carbons (Fsp3) is 0.667. The smallest absolute Gasteiger partial charge is 0.220 e. The number of piperazine rings is 1. The van der Waals surface area contributed by atoms with Crippen LogP contribution in [0.5, 0.6) is 5.75 Å². The second kappa shape index (κ2) is 12.5. The molecule has 0 bridgehead atoms. The lowest BCUT2D eigenvalue weighted by Gasteiger charge is -2.36. The predicted molar refractivity (Wildman–Crippen MR) is 131 cm³/mol. The number of guanidine groups is 1. The van der Waals surface area contributed by atoms with Gasteiger partial charge in [0.05, 0.1) is 7.11 Å². The average molecular weight is 445 g/mol. The van der Waals surface area contributed by atoms with Gasteiger partial charge < -0.3 is 25.2 Å². The topological polar surface area (TPSA) is 72.4 Å². The lowest BCUT2D eigenvalue weighted by Crippen LogP contribution is -2.48. The molecule has 2 fully saturated rings. The van der Waals surface area contributed by atoms with Crippen molar-refractivity contribution in [1.29, 1.82) is 0 Å². The number of hydrogen-bond donors (Lipinski definition) is 2. The lowest BCUT2D eigenvalue weighted by atomic mass is 9.93. The van der Waals surface area contributed by atoms with E-state index in [1.165, 1.54) is 5.69 Å². The van der Waals surface area contributed by atoms with Gasteiger partial charge in [-0.05, 0) is 56.0 Å². The van der Waals surface area contributed by atoms with Crippen LogP contribution in [0, 0.1) is 5.92 Å². The third kappa shape index (κ3) is 7.02. The summed E-state index contributed by atoms with van der Waals surface area (Å²) in [5.41, 5.74) is 1.27. The van der Waals surface area contributed by atoms with Crippen LogP contribution >= 0.6 is 0 Å². The van der Waals surface area contributed by atoms with Crippen molar-refractivity contribution in [3.8, 4) is 5.75 Å². The van der Waals surface area contributed by atoms with E-state index in [4.69, 9.17) is 4.74 Å². The molecule has 32 heavy (non-hydrogen) atoms. The number of amides is 1. The van der Waals surface area contributed by atoms with Gasteiger partial charge in [0.25, 0.3) is 0 Å². The highest BCUT2D eigenvalue weighted by Gasteiger charge is 2.23. The SMILES string of the molecule is CN=C(NCCCN1CCN(c2ccc(OC)cc2)CC1)N1CCC(CC(=O)NC)CC1. The Morgan fingerprint density at radius 2 is 1.78 bits per heavy atom. The molecule has 3 rings (SSSR count). The van der Waals surface area contributed by atoms with E-state index in [0.717, 1.165) is 83.3 Å². The zero-order valence-electron chi connectivity index (χ0n) is 20.0. The van der Waals surface area contributed by atoms with Crippen molar-refractivity contribution in [2.24, 2.45) is 10.9 Å². The standard InChI is InChI=1S/C24H40N6O2/c1-25-23(31)19-20-9-13-30(14-10-20)24(26-2)27-11-4-12-28-15-17-29(18-16-28)21-5-7-22(32-3)8-6-21/h5-8,20H,4,9-19H2,1-3H3,(H,25,31)(H,26,27). The Balaban J connectivity index is 1.31. The van der Waals surface area contributed by atoms with Gasteiger partial charge in [0, 0.05) is 72.0 Å². The Bertz CT molecular complexity index is 723. The van der Waals surface area contributed by atoms with E-state index in [1.807, 2.05) is 19.2 Å². The van der Waals surface area contributed by atoms with Crippen LogP contribution in [0.3, 0.4) is 0 Å². The fourth-order valence-electron chi connectivity index (χ4n) is 4.57. The van der Waals surface area contributed by atoms with Gasteiger partial charge in [0.15, 0.2) is 5.96 Å². The maximum absolute atomic E-state index is 11.6. The minimum absolute atomic E-state index is 0.149. The number of aliphatic imine (C=N–C) groups is 1. The molecule has 1 aromatic rings. The van der Waals surface area contributed by atoms with E-state index in [9.17, 15) is 4.79 Å². The number of nitrogens with one attached hydrogen (secondary N) is 2. The van der Waals surface area contributed by atoms with Gasteiger partial charge >= 0.3 is 0 Å². The van der Waals surface area contributed by atoms with Gasteiger partial charge in [-0.25, -0.2) is 0 Å². The molecular weight excluding hydrogens is 404 g/mol. The van der Waals surface area contributed by atoms with Crippen molar-refractivity contribution >= 4 is 17.6 Å². The first-order valence-electron chi connectivity index (χ1n) is 11.9. The van der Waals surface area contributed by atoms with Gasteiger partial charge in [-0.15, -0.1) is 0 Å². The van der Waals surface area contributed by atoms with Crippen LogP contribution in [0.15, 0.2) is 29.3 Å². The fourth-order valence-corrected chi connectivity index (χ4v) is 4.57. The highest BCUT2D eigenvalue weighted by molar-refractivity contribution is 5.80. The molecule has 8 heteroatoms. The molecule has 2 heterocycles. The molecular formula is C24H40N6O2. The number of rotatable bonds is 8.